The molecule has 1 rings (SSSR count). The van der Waals surface area contributed by atoms with Crippen LogP contribution in [0.4, 0.5) is 4.79 Å². The van der Waals surface area contributed by atoms with E-state index >= 15 is 0 Å². The van der Waals surface area contributed by atoms with E-state index < -0.39 is 6.09 Å². The highest BCUT2D eigenvalue weighted by molar-refractivity contribution is 8.13. The molecule has 0 aliphatic heterocycles. The highest BCUT2D eigenvalue weighted by atomic mass is 32.2. The topological polar surface area (TPSA) is 67.8 Å². The van der Waals surface area contributed by atoms with Crippen LogP contribution in [0.3, 0.4) is 0 Å². The molecule has 0 aromatic heterocycles. The lowest BCUT2D eigenvalue weighted by molar-refractivity contribution is 0.0978. The van der Waals surface area contributed by atoms with Crippen molar-refractivity contribution in [1.82, 2.24) is 5.32 Å². The third kappa shape index (κ3) is 4.28. The molecule has 1 aromatic carbocycles. The number of carbonyl (C=O) groups is 2. The summed E-state index contributed by atoms with van der Waals surface area (Å²) in [5, 5.41) is 2.72. The number of benzene rings is 1. The lowest BCUT2D eigenvalue weighted by Gasteiger charge is -2.05. The molecule has 5 nitrogen and oxygen atoms in total. The minimum Gasteiger partial charge on any atom is -0.451 e. The Labute approximate surface area is 103 Å². The second-order valence-electron chi connectivity index (χ2n) is 2.91. The number of amides is 2. The van der Waals surface area contributed by atoms with E-state index in [-0.39, 0.29) is 11.1 Å². The lowest BCUT2D eigenvalue weighted by atomic mass is 10.2. The molecule has 0 unspecified atom stereocenters. The molecule has 17 heavy (non-hydrogen) atoms. The average Bonchev–Trinajstić information content (AvgIpc) is 2.38. The van der Waals surface area contributed by atoms with Gasteiger partial charge in [-0.15, -0.1) is 0 Å². The van der Waals surface area contributed by atoms with Crippen LogP contribution in [-0.4, -0.2) is 30.5 Å². The zero-order valence-electron chi connectivity index (χ0n) is 9.47. The normalized spacial score (nSPS) is 10.8. The first-order valence-electron chi connectivity index (χ1n) is 4.74. The van der Waals surface area contributed by atoms with Crippen LogP contribution in [0, 0.1) is 0 Å². The monoisotopic (exact) mass is 252 g/mol. The molecular weight excluding hydrogens is 240 g/mol. The van der Waals surface area contributed by atoms with Crippen molar-refractivity contribution < 1.29 is 14.3 Å². The first-order valence-corrected chi connectivity index (χ1v) is 5.97. The number of nitrogens with one attached hydrogen (secondary N) is 1. The largest absolute Gasteiger partial charge is 0.451 e. The van der Waals surface area contributed by atoms with E-state index in [2.05, 4.69) is 15.0 Å². The zero-order valence-corrected chi connectivity index (χ0v) is 10.3. The number of hydrogen-bond acceptors (Lipinski definition) is 4. The van der Waals surface area contributed by atoms with E-state index in [1.54, 1.807) is 30.5 Å². The molecule has 0 spiro atoms. The Kier molecular flexibility index (Phi) is 5.22. The van der Waals surface area contributed by atoms with Gasteiger partial charge in [0.2, 0.25) is 0 Å². The molecule has 1 N–H and O–H groups in total. The molecule has 0 atom stereocenters. The summed E-state index contributed by atoms with van der Waals surface area (Å²) in [7, 11) is 1.22. The van der Waals surface area contributed by atoms with Gasteiger partial charge in [-0.2, -0.15) is 4.99 Å². The fourth-order valence-corrected chi connectivity index (χ4v) is 1.37. The highest BCUT2D eigenvalue weighted by Gasteiger charge is 2.09. The molecule has 0 saturated carbocycles. The summed E-state index contributed by atoms with van der Waals surface area (Å²) >= 11 is 1.15. The molecule has 0 heterocycles. The van der Waals surface area contributed by atoms with Crippen molar-refractivity contribution in [3.8, 4) is 0 Å². The molecule has 0 saturated heterocycles. The van der Waals surface area contributed by atoms with Crippen molar-refractivity contribution in [2.24, 2.45) is 4.99 Å². The smallest absolute Gasteiger partial charge is 0.435 e. The van der Waals surface area contributed by atoms with Crippen molar-refractivity contribution in [2.75, 3.05) is 13.4 Å². The summed E-state index contributed by atoms with van der Waals surface area (Å²) in [6, 6.07) is 8.67. The third-order valence-corrected chi connectivity index (χ3v) is 2.40. The summed E-state index contributed by atoms with van der Waals surface area (Å²) < 4.78 is 4.38. The van der Waals surface area contributed by atoms with Gasteiger partial charge >= 0.3 is 6.09 Å². The predicted molar refractivity (Wildman–Crippen MR) is 67.3 cm³/mol. The Morgan fingerprint density at radius 2 is 1.94 bits per heavy atom. The van der Waals surface area contributed by atoms with Crippen LogP contribution in [0.15, 0.2) is 35.3 Å². The van der Waals surface area contributed by atoms with Gasteiger partial charge in [0.15, 0.2) is 5.17 Å². The number of rotatable bonds is 1. The van der Waals surface area contributed by atoms with Crippen molar-refractivity contribution in [3.63, 3.8) is 0 Å². The molecule has 0 aliphatic rings. The Morgan fingerprint density at radius 1 is 1.29 bits per heavy atom. The van der Waals surface area contributed by atoms with Crippen LogP contribution in [0.1, 0.15) is 10.4 Å². The second kappa shape index (κ2) is 6.70. The molecule has 2 amide bonds. The first kappa shape index (κ1) is 13.2. The summed E-state index contributed by atoms with van der Waals surface area (Å²) in [5.41, 5.74) is 0.499. The predicted octanol–water partition coefficient (Wildman–Crippen LogP) is 1.90. The molecule has 6 heteroatoms. The fourth-order valence-electron chi connectivity index (χ4n) is 1.01. The number of thioether (sulfide) groups is 1. The van der Waals surface area contributed by atoms with E-state index in [0.717, 1.165) is 11.8 Å². The van der Waals surface area contributed by atoms with Crippen LogP contribution in [-0.2, 0) is 4.74 Å². The standard InChI is InChI=1S/C11H12N2O3S/c1-16-11(15)13-10(17-2)12-9(14)8-6-4-3-5-7-8/h3-7H,1-2H3,(H,12,13,14,15). The Bertz CT molecular complexity index is 432. The number of aliphatic imine (C=N–C) groups is 1. The Morgan fingerprint density at radius 3 is 2.47 bits per heavy atom. The van der Waals surface area contributed by atoms with Crippen LogP contribution < -0.4 is 5.32 Å². The third-order valence-electron chi connectivity index (χ3n) is 1.82. The van der Waals surface area contributed by atoms with Gasteiger partial charge in [-0.1, -0.05) is 30.0 Å². The fraction of sp³-hybridized carbons (Fsp3) is 0.182. The van der Waals surface area contributed by atoms with E-state index in [4.69, 9.17) is 0 Å². The average molecular weight is 252 g/mol. The number of amidine groups is 1. The molecule has 0 aliphatic carbocycles. The van der Waals surface area contributed by atoms with Gasteiger partial charge in [-0.3, -0.25) is 4.79 Å². The van der Waals surface area contributed by atoms with Gasteiger partial charge in [0, 0.05) is 5.56 Å². The van der Waals surface area contributed by atoms with Crippen LogP contribution in [0.5, 0.6) is 0 Å². The van der Waals surface area contributed by atoms with Gasteiger partial charge in [-0.25, -0.2) is 4.79 Å². The van der Waals surface area contributed by atoms with E-state index in [1.165, 1.54) is 7.11 Å². The molecule has 0 radical (unpaired) electrons. The Balaban J connectivity index is 2.73. The van der Waals surface area contributed by atoms with Crippen molar-refractivity contribution in [1.29, 1.82) is 0 Å². The minimum absolute atomic E-state index is 0.200. The number of methoxy groups -OCH3 is 1. The summed E-state index contributed by atoms with van der Waals surface area (Å²) in [6.07, 6.45) is 0.954. The zero-order chi connectivity index (χ0) is 12.7. The number of ether oxygens (including phenoxy) is 1. The van der Waals surface area contributed by atoms with Gasteiger partial charge in [0.25, 0.3) is 5.91 Å². The summed E-state index contributed by atoms with van der Waals surface area (Å²) in [6.45, 7) is 0. The van der Waals surface area contributed by atoms with Crippen LogP contribution >= 0.6 is 11.8 Å². The first-order chi connectivity index (χ1) is 8.17. The SMILES string of the molecule is COC(=O)N=C(NC(=O)c1ccccc1)SC. The molecule has 0 fully saturated rings. The Hall–Kier alpha value is -1.82. The molecule has 1 aromatic rings. The molecule has 90 valence electrons. The van der Waals surface area contributed by atoms with Gasteiger partial charge in [-0.05, 0) is 18.4 Å². The van der Waals surface area contributed by atoms with Gasteiger partial charge < -0.3 is 10.1 Å². The van der Waals surface area contributed by atoms with E-state index in [1.807, 2.05) is 6.07 Å². The highest BCUT2D eigenvalue weighted by Crippen LogP contribution is 2.01. The van der Waals surface area contributed by atoms with Crippen molar-refractivity contribution >= 4 is 28.9 Å². The van der Waals surface area contributed by atoms with Gasteiger partial charge in [0.1, 0.15) is 0 Å². The number of hydrogen-bond donors (Lipinski definition) is 1. The number of carbonyl (C=O) groups excluding carboxylic acids is 2. The van der Waals surface area contributed by atoms with Crippen molar-refractivity contribution in [2.45, 2.75) is 0 Å². The molecular formula is C11H12N2O3S. The van der Waals surface area contributed by atoms with Crippen LogP contribution in [0.25, 0.3) is 0 Å². The molecule has 0 bridgehead atoms. The maximum Gasteiger partial charge on any atom is 0.435 e. The minimum atomic E-state index is -0.747. The maximum absolute atomic E-state index is 11.7. The quantitative estimate of drug-likeness (QED) is 0.612. The van der Waals surface area contributed by atoms with E-state index in [0.29, 0.717) is 5.56 Å². The number of nitrogens with zero attached hydrogens (tertiary/aromatic N) is 1. The summed E-state index contributed by atoms with van der Waals surface area (Å²) in [5.74, 6) is -0.317. The second-order valence-corrected chi connectivity index (χ2v) is 3.71. The van der Waals surface area contributed by atoms with E-state index in [9.17, 15) is 9.59 Å². The lowest BCUT2D eigenvalue weighted by Crippen LogP contribution is -2.28. The summed E-state index contributed by atoms with van der Waals surface area (Å²) in [4.78, 5) is 26.2. The maximum atomic E-state index is 11.7. The van der Waals surface area contributed by atoms with Crippen molar-refractivity contribution in [3.05, 3.63) is 35.9 Å². The van der Waals surface area contributed by atoms with Gasteiger partial charge in [0.05, 0.1) is 7.11 Å². The van der Waals surface area contributed by atoms with Crippen LogP contribution in [0.2, 0.25) is 0 Å².